The highest BCUT2D eigenvalue weighted by Crippen LogP contribution is 2.25. The average Bonchev–Trinajstić information content (AvgIpc) is 3.14. The third kappa shape index (κ3) is 3.82. The summed E-state index contributed by atoms with van der Waals surface area (Å²) in [5, 5.41) is 8.86. The summed E-state index contributed by atoms with van der Waals surface area (Å²) in [5.41, 5.74) is 3.36. The minimum atomic E-state index is -0.246. The molecule has 0 saturated heterocycles. The van der Waals surface area contributed by atoms with Crippen LogP contribution in [-0.2, 0) is 4.79 Å². The van der Waals surface area contributed by atoms with Crippen LogP contribution in [0, 0.1) is 14.1 Å². The number of benzene rings is 2. The van der Waals surface area contributed by atoms with Gasteiger partial charge in [0.15, 0.2) is 0 Å². The minimum Gasteiger partial charge on any atom is -0.295 e. The van der Waals surface area contributed by atoms with Gasteiger partial charge in [-0.3, -0.25) is 14.7 Å². The van der Waals surface area contributed by atoms with Gasteiger partial charge in [-0.25, -0.2) is 4.68 Å². The number of aromatic amines is 1. The molecule has 6 nitrogen and oxygen atoms in total. The second-order valence-corrected chi connectivity index (χ2v) is 9.10. The Bertz CT molecular complexity index is 1220. The summed E-state index contributed by atoms with van der Waals surface area (Å²) < 4.78 is 3.65. The maximum Gasteiger partial charge on any atom is 0.280 e. The van der Waals surface area contributed by atoms with E-state index in [-0.39, 0.29) is 11.5 Å². The fraction of sp³-hybridized carbons (Fsp3) is 0.0952. The average molecular weight is 610 g/mol. The Morgan fingerprint density at radius 2 is 1.45 bits per heavy atom. The molecule has 0 atom stereocenters. The molecule has 0 saturated carbocycles. The molecule has 146 valence electrons. The largest absolute Gasteiger partial charge is 0.295 e. The van der Waals surface area contributed by atoms with Crippen LogP contribution in [0.15, 0.2) is 64.0 Å². The second kappa shape index (κ2) is 7.90. The van der Waals surface area contributed by atoms with E-state index in [2.05, 4.69) is 55.4 Å². The highest BCUT2D eigenvalue weighted by Gasteiger charge is 2.29. The van der Waals surface area contributed by atoms with Gasteiger partial charge in [-0.05, 0) is 114 Å². The molecule has 4 rings (SSSR count). The Hall–Kier alpha value is -2.21. The number of nitrogens with one attached hydrogen (secondary N) is 1. The van der Waals surface area contributed by atoms with Crippen LogP contribution in [0.5, 0.6) is 0 Å². The van der Waals surface area contributed by atoms with Crippen molar-refractivity contribution in [3.8, 4) is 5.69 Å². The lowest BCUT2D eigenvalue weighted by Crippen LogP contribution is -2.22. The molecular formula is C21H16I2N4O2. The van der Waals surface area contributed by atoms with Crippen molar-refractivity contribution < 1.29 is 4.79 Å². The summed E-state index contributed by atoms with van der Waals surface area (Å²) >= 11 is 4.43. The standard InChI is InChI=1S/C21H16I2N4O2/c1-12-18(20(28)26(24-12)16-7-3-14(22)4-8-16)11-19-13(2)25-27(21(19)29)17-9-5-15(23)6-10-17/h3-11,24H,1-2H3. The molecule has 0 radical (unpaired) electrons. The number of carbonyl (C=O) groups is 1. The molecule has 0 aliphatic carbocycles. The summed E-state index contributed by atoms with van der Waals surface area (Å²) in [5.74, 6) is -0.246. The van der Waals surface area contributed by atoms with Gasteiger partial charge in [0.2, 0.25) is 0 Å². The van der Waals surface area contributed by atoms with Crippen LogP contribution < -0.4 is 10.6 Å². The zero-order valence-corrected chi connectivity index (χ0v) is 19.9. The Morgan fingerprint density at radius 3 is 2.03 bits per heavy atom. The van der Waals surface area contributed by atoms with Gasteiger partial charge >= 0.3 is 0 Å². The van der Waals surface area contributed by atoms with Gasteiger partial charge in [-0.2, -0.15) is 10.1 Å². The third-order valence-corrected chi connectivity index (χ3v) is 6.06. The normalized spacial score (nSPS) is 15.3. The van der Waals surface area contributed by atoms with Crippen molar-refractivity contribution in [3.05, 3.63) is 82.9 Å². The molecule has 2 aromatic carbocycles. The Labute approximate surface area is 194 Å². The molecule has 3 aromatic rings. The fourth-order valence-corrected chi connectivity index (χ4v) is 3.81. The monoisotopic (exact) mass is 610 g/mol. The van der Waals surface area contributed by atoms with E-state index in [0.717, 1.165) is 12.8 Å². The molecular weight excluding hydrogens is 594 g/mol. The zero-order valence-electron chi connectivity index (χ0n) is 15.6. The SMILES string of the molecule is CC1=NN(c2ccc(I)cc2)C(=O)C1=Cc1c(C)[nH]n(-c2ccc(I)cc2)c1=O. The van der Waals surface area contributed by atoms with Crippen molar-refractivity contribution in [2.75, 3.05) is 5.01 Å². The number of hydrogen-bond donors (Lipinski definition) is 1. The summed E-state index contributed by atoms with van der Waals surface area (Å²) in [6, 6.07) is 15.2. The van der Waals surface area contributed by atoms with Crippen molar-refractivity contribution in [1.29, 1.82) is 0 Å². The van der Waals surface area contributed by atoms with Gasteiger partial charge in [-0.15, -0.1) is 0 Å². The van der Waals surface area contributed by atoms with Crippen molar-refractivity contribution in [3.63, 3.8) is 0 Å². The van der Waals surface area contributed by atoms with Crippen LogP contribution in [0.4, 0.5) is 5.69 Å². The number of halogens is 2. The zero-order chi connectivity index (χ0) is 20.7. The maximum atomic E-state index is 13.0. The van der Waals surface area contributed by atoms with Crippen molar-refractivity contribution in [2.45, 2.75) is 13.8 Å². The number of hydrazone groups is 1. The number of anilines is 1. The van der Waals surface area contributed by atoms with Crippen LogP contribution in [0.3, 0.4) is 0 Å². The number of aromatic nitrogens is 2. The van der Waals surface area contributed by atoms with Gasteiger partial charge in [-0.1, -0.05) is 0 Å². The Morgan fingerprint density at radius 1 is 0.897 bits per heavy atom. The van der Waals surface area contributed by atoms with E-state index in [9.17, 15) is 9.59 Å². The summed E-state index contributed by atoms with van der Waals surface area (Å²) in [6.45, 7) is 3.59. The first-order valence-electron chi connectivity index (χ1n) is 8.80. The summed E-state index contributed by atoms with van der Waals surface area (Å²) in [4.78, 5) is 25.9. The molecule has 1 aliphatic rings. The van der Waals surface area contributed by atoms with Gasteiger partial charge in [0.25, 0.3) is 11.5 Å². The molecule has 0 fully saturated rings. The number of hydrogen-bond acceptors (Lipinski definition) is 3. The first kappa shape index (κ1) is 20.1. The number of amides is 1. The molecule has 1 N–H and O–H groups in total. The lowest BCUT2D eigenvalue weighted by molar-refractivity contribution is -0.114. The fourth-order valence-electron chi connectivity index (χ4n) is 3.09. The summed E-state index contributed by atoms with van der Waals surface area (Å²) in [6.07, 6.45) is 1.63. The molecule has 0 bridgehead atoms. The number of aryl methyl sites for hydroxylation is 1. The van der Waals surface area contributed by atoms with Crippen LogP contribution in [-0.4, -0.2) is 21.4 Å². The number of carbonyl (C=O) groups excluding carboxylic acids is 1. The van der Waals surface area contributed by atoms with E-state index in [0.29, 0.717) is 28.2 Å². The first-order valence-corrected chi connectivity index (χ1v) is 11.0. The molecule has 2 heterocycles. The Balaban J connectivity index is 1.72. The van der Waals surface area contributed by atoms with Crippen LogP contribution in [0.25, 0.3) is 11.8 Å². The third-order valence-electron chi connectivity index (χ3n) is 4.62. The molecule has 1 aromatic heterocycles. The Kier molecular flexibility index (Phi) is 5.47. The quantitative estimate of drug-likeness (QED) is 0.351. The van der Waals surface area contributed by atoms with Crippen LogP contribution in [0.2, 0.25) is 0 Å². The minimum absolute atomic E-state index is 0.204. The summed E-state index contributed by atoms with van der Waals surface area (Å²) in [7, 11) is 0. The number of nitrogens with zero attached hydrogens (tertiary/aromatic N) is 3. The van der Waals surface area contributed by atoms with E-state index in [1.807, 2.05) is 55.5 Å². The molecule has 29 heavy (non-hydrogen) atoms. The van der Waals surface area contributed by atoms with Crippen molar-refractivity contribution >= 4 is 68.6 Å². The predicted octanol–water partition coefficient (Wildman–Crippen LogP) is 4.49. The molecule has 0 spiro atoms. The van der Waals surface area contributed by atoms with Gasteiger partial charge in [0, 0.05) is 12.8 Å². The number of rotatable bonds is 3. The lowest BCUT2D eigenvalue weighted by atomic mass is 10.1. The molecule has 1 amide bonds. The molecule has 1 aliphatic heterocycles. The highest BCUT2D eigenvalue weighted by atomic mass is 127. The topological polar surface area (TPSA) is 70.5 Å². The van der Waals surface area contributed by atoms with Gasteiger partial charge < -0.3 is 0 Å². The van der Waals surface area contributed by atoms with E-state index < -0.39 is 0 Å². The maximum absolute atomic E-state index is 13.0. The van der Waals surface area contributed by atoms with Crippen molar-refractivity contribution in [2.24, 2.45) is 5.10 Å². The van der Waals surface area contributed by atoms with Gasteiger partial charge in [0.1, 0.15) is 0 Å². The van der Waals surface area contributed by atoms with E-state index in [1.54, 1.807) is 13.0 Å². The lowest BCUT2D eigenvalue weighted by Gasteiger charge is -2.11. The van der Waals surface area contributed by atoms with E-state index in [1.165, 1.54) is 9.69 Å². The van der Waals surface area contributed by atoms with E-state index >= 15 is 0 Å². The molecule has 8 heteroatoms. The smallest absolute Gasteiger partial charge is 0.280 e. The van der Waals surface area contributed by atoms with E-state index in [4.69, 9.17) is 0 Å². The van der Waals surface area contributed by atoms with Crippen molar-refractivity contribution in [1.82, 2.24) is 9.78 Å². The predicted molar refractivity (Wildman–Crippen MR) is 132 cm³/mol. The van der Waals surface area contributed by atoms with Gasteiger partial charge in [0.05, 0.1) is 28.2 Å². The van der Waals surface area contributed by atoms with Crippen LogP contribution >= 0.6 is 45.2 Å². The first-order chi connectivity index (χ1) is 13.8. The van der Waals surface area contributed by atoms with Crippen LogP contribution in [0.1, 0.15) is 18.2 Å². The molecule has 0 unspecified atom stereocenters. The number of H-pyrrole nitrogens is 1. The second-order valence-electron chi connectivity index (χ2n) is 6.60. The highest BCUT2D eigenvalue weighted by molar-refractivity contribution is 14.1.